The smallest absolute Gasteiger partial charge is 0.281 e. The van der Waals surface area contributed by atoms with Gasteiger partial charge >= 0.3 is 0 Å². The largest absolute Gasteiger partial charge is 0.493 e. The summed E-state index contributed by atoms with van der Waals surface area (Å²) in [7, 11) is -4.20. The number of nitrogens with zero attached hydrogens (tertiary/aromatic N) is 3. The Balaban J connectivity index is 1.59. The highest BCUT2D eigenvalue weighted by molar-refractivity contribution is 7.90. The van der Waals surface area contributed by atoms with Crippen LogP contribution in [0.25, 0.3) is 27.8 Å². The van der Waals surface area contributed by atoms with E-state index in [1.165, 1.54) is 36.5 Å². The van der Waals surface area contributed by atoms with Gasteiger partial charge in [0.05, 0.1) is 24.1 Å². The molecule has 0 spiro atoms. The maximum absolute atomic E-state index is 14.5. The summed E-state index contributed by atoms with van der Waals surface area (Å²) in [5, 5.41) is 7.50. The molecule has 3 heterocycles. The number of fused-ring (bicyclic) bond motifs is 1. The zero-order valence-electron chi connectivity index (χ0n) is 20.6. The Morgan fingerprint density at radius 2 is 1.82 bits per heavy atom. The van der Waals surface area contributed by atoms with E-state index in [-0.39, 0.29) is 22.3 Å². The van der Waals surface area contributed by atoms with Gasteiger partial charge in [-0.2, -0.15) is 13.5 Å². The van der Waals surface area contributed by atoms with E-state index in [0.717, 1.165) is 10.8 Å². The Bertz CT molecular complexity index is 1700. The second-order valence-corrected chi connectivity index (χ2v) is 10.7. The molecular formula is C27H24FN5O4S. The lowest BCUT2D eigenvalue weighted by atomic mass is 10.1. The van der Waals surface area contributed by atoms with E-state index in [9.17, 15) is 17.6 Å². The molecular weight excluding hydrogens is 509 g/mol. The number of hydrogen-bond acceptors (Lipinski definition) is 6. The first-order valence-corrected chi connectivity index (χ1v) is 13.3. The highest BCUT2D eigenvalue weighted by Gasteiger charge is 2.24. The number of hydrogen-bond donors (Lipinski definition) is 2. The molecule has 0 fully saturated rings. The first-order chi connectivity index (χ1) is 18.2. The number of carbonyl (C=O) groups is 1. The van der Waals surface area contributed by atoms with E-state index >= 15 is 0 Å². The number of pyridine rings is 1. The van der Waals surface area contributed by atoms with Gasteiger partial charge in [0.25, 0.3) is 15.9 Å². The summed E-state index contributed by atoms with van der Waals surface area (Å²) in [5.41, 5.74) is 0.822. The van der Waals surface area contributed by atoms with E-state index in [1.807, 2.05) is 38.1 Å². The number of nitrogens with one attached hydrogen (secondary N) is 2. The number of sulfonamides is 1. The van der Waals surface area contributed by atoms with Crippen LogP contribution in [0, 0.1) is 11.7 Å². The van der Waals surface area contributed by atoms with Crippen LogP contribution in [0.3, 0.4) is 0 Å². The maximum Gasteiger partial charge on any atom is 0.281 e. The minimum atomic E-state index is -4.20. The van der Waals surface area contributed by atoms with E-state index in [4.69, 9.17) is 4.74 Å². The summed E-state index contributed by atoms with van der Waals surface area (Å²) in [5.74, 6) is -0.596. The molecule has 3 aromatic heterocycles. The minimum Gasteiger partial charge on any atom is -0.493 e. The van der Waals surface area contributed by atoms with Gasteiger partial charge in [-0.1, -0.05) is 38.1 Å². The third-order valence-electron chi connectivity index (χ3n) is 5.66. The predicted octanol–water partition coefficient (Wildman–Crippen LogP) is 4.71. The Morgan fingerprint density at radius 1 is 1.08 bits per heavy atom. The van der Waals surface area contributed by atoms with Crippen LogP contribution in [0.4, 0.5) is 4.39 Å². The molecule has 0 radical (unpaired) electrons. The lowest BCUT2D eigenvalue weighted by Gasteiger charge is -2.14. The summed E-state index contributed by atoms with van der Waals surface area (Å²) >= 11 is 0. The van der Waals surface area contributed by atoms with Crippen LogP contribution >= 0.6 is 0 Å². The van der Waals surface area contributed by atoms with Crippen molar-refractivity contribution in [1.82, 2.24) is 24.5 Å². The van der Waals surface area contributed by atoms with Crippen molar-refractivity contribution in [2.24, 2.45) is 5.92 Å². The van der Waals surface area contributed by atoms with Crippen LogP contribution in [0.2, 0.25) is 0 Å². The summed E-state index contributed by atoms with van der Waals surface area (Å²) < 4.78 is 49.2. The van der Waals surface area contributed by atoms with Crippen LogP contribution < -0.4 is 9.46 Å². The topological polar surface area (TPSA) is 119 Å². The van der Waals surface area contributed by atoms with Crippen molar-refractivity contribution in [3.8, 4) is 22.8 Å². The average Bonchev–Trinajstić information content (AvgIpc) is 3.57. The first kappa shape index (κ1) is 25.2. The molecule has 0 aliphatic heterocycles. The normalized spacial score (nSPS) is 11.7. The van der Waals surface area contributed by atoms with Crippen LogP contribution in [-0.2, 0) is 10.0 Å². The van der Waals surface area contributed by atoms with Gasteiger partial charge in [0.15, 0.2) is 5.03 Å². The predicted molar refractivity (Wildman–Crippen MR) is 140 cm³/mol. The average molecular weight is 534 g/mol. The van der Waals surface area contributed by atoms with Crippen molar-refractivity contribution in [1.29, 1.82) is 0 Å². The summed E-state index contributed by atoms with van der Waals surface area (Å²) in [6, 6.07) is 16.1. The fourth-order valence-electron chi connectivity index (χ4n) is 3.87. The van der Waals surface area contributed by atoms with Crippen molar-refractivity contribution in [3.63, 3.8) is 0 Å². The summed E-state index contributed by atoms with van der Waals surface area (Å²) in [6.07, 6.45) is 4.83. The van der Waals surface area contributed by atoms with Crippen LogP contribution in [0.1, 0.15) is 24.2 Å². The highest BCUT2D eigenvalue weighted by atomic mass is 32.2. The van der Waals surface area contributed by atoms with Gasteiger partial charge in [0.2, 0.25) is 0 Å². The molecule has 0 aliphatic carbocycles. The molecule has 0 saturated heterocycles. The van der Waals surface area contributed by atoms with Crippen molar-refractivity contribution >= 4 is 26.7 Å². The SMILES string of the molecule is CC(C)COc1cc(F)cc(-c2ccc(C(=O)NS(=O)(=O)c3ccn[nH]3)c(-n3cc4ccccc4c3)n2)c1. The Kier molecular flexibility index (Phi) is 6.68. The van der Waals surface area contributed by atoms with Gasteiger partial charge < -0.3 is 9.30 Å². The number of rotatable bonds is 8. The number of H-pyrrole nitrogens is 1. The number of aromatic amines is 1. The zero-order valence-corrected chi connectivity index (χ0v) is 21.4. The molecule has 2 aromatic carbocycles. The van der Waals surface area contributed by atoms with Gasteiger partial charge in [0.1, 0.15) is 17.4 Å². The lowest BCUT2D eigenvalue weighted by molar-refractivity contribution is 0.0981. The zero-order chi connectivity index (χ0) is 26.9. The molecule has 9 nitrogen and oxygen atoms in total. The number of halogens is 1. The van der Waals surface area contributed by atoms with Gasteiger partial charge in [-0.05, 0) is 47.0 Å². The fourth-order valence-corrected chi connectivity index (χ4v) is 4.75. The minimum absolute atomic E-state index is 0.00447. The summed E-state index contributed by atoms with van der Waals surface area (Å²) in [4.78, 5) is 17.9. The Labute approximate surface area is 218 Å². The second-order valence-electron chi connectivity index (χ2n) is 9.10. The fraction of sp³-hybridized carbons (Fsp3) is 0.148. The number of benzene rings is 2. The lowest BCUT2D eigenvalue weighted by Crippen LogP contribution is -2.31. The molecule has 38 heavy (non-hydrogen) atoms. The van der Waals surface area contributed by atoms with E-state index < -0.39 is 21.7 Å². The first-order valence-electron chi connectivity index (χ1n) is 11.8. The third kappa shape index (κ3) is 5.28. The van der Waals surface area contributed by atoms with Gasteiger partial charge in [-0.3, -0.25) is 9.89 Å². The number of aromatic nitrogens is 4. The van der Waals surface area contributed by atoms with Crippen LogP contribution in [0.5, 0.6) is 5.75 Å². The Hall–Kier alpha value is -4.51. The molecule has 0 saturated carbocycles. The van der Waals surface area contributed by atoms with Crippen molar-refractivity contribution in [3.05, 3.63) is 90.6 Å². The quantitative estimate of drug-likeness (QED) is 0.298. The van der Waals surface area contributed by atoms with E-state index in [2.05, 4.69) is 19.9 Å². The highest BCUT2D eigenvalue weighted by Crippen LogP contribution is 2.28. The van der Waals surface area contributed by atoms with E-state index in [0.29, 0.717) is 23.6 Å². The molecule has 0 unspecified atom stereocenters. The van der Waals surface area contributed by atoms with Gasteiger partial charge in [-0.25, -0.2) is 14.1 Å². The number of ether oxygens (including phenoxy) is 1. The second kappa shape index (κ2) is 10.1. The Morgan fingerprint density at radius 3 is 2.47 bits per heavy atom. The standard InChI is InChI=1S/C27H24FN5O4S/c1-17(2)16-37-22-12-20(11-21(28)13-22)24-8-7-23(27(34)32-38(35,36)25-9-10-29-31-25)26(30-24)33-14-18-5-3-4-6-19(18)15-33/h3-15,17H,16H2,1-2H3,(H,29,31)(H,32,34). The van der Waals surface area contributed by atoms with Crippen molar-refractivity contribution < 1.29 is 22.3 Å². The molecule has 0 aliphatic rings. The molecule has 11 heteroatoms. The molecule has 5 aromatic rings. The van der Waals surface area contributed by atoms with E-state index in [1.54, 1.807) is 23.0 Å². The van der Waals surface area contributed by atoms with Gasteiger partial charge in [-0.15, -0.1) is 0 Å². The van der Waals surface area contributed by atoms with Crippen molar-refractivity contribution in [2.75, 3.05) is 6.61 Å². The molecule has 194 valence electrons. The molecule has 5 rings (SSSR count). The third-order valence-corrected chi connectivity index (χ3v) is 6.92. The maximum atomic E-state index is 14.5. The number of amides is 1. The van der Waals surface area contributed by atoms with Crippen LogP contribution in [-0.4, -0.2) is 40.7 Å². The molecule has 0 bridgehead atoms. The van der Waals surface area contributed by atoms with Crippen LogP contribution in [0.15, 0.2) is 84.3 Å². The molecule has 0 atom stereocenters. The monoisotopic (exact) mass is 533 g/mol. The molecule has 1 amide bonds. The summed E-state index contributed by atoms with van der Waals surface area (Å²) in [6.45, 7) is 4.40. The van der Waals surface area contributed by atoms with Crippen molar-refractivity contribution in [2.45, 2.75) is 18.9 Å². The van der Waals surface area contributed by atoms with Gasteiger partial charge in [0, 0.05) is 24.0 Å². The number of carbonyl (C=O) groups excluding carboxylic acids is 1. The molecule has 2 N–H and O–H groups in total.